The molecule has 0 bridgehead atoms. The molecule has 0 aromatic carbocycles. The van der Waals surface area contributed by atoms with Crippen molar-refractivity contribution in [3.05, 3.63) is 23.5 Å². The molecule has 0 aromatic heterocycles. The van der Waals surface area contributed by atoms with Crippen molar-refractivity contribution in [2.24, 2.45) is 11.8 Å². The number of esters is 2. The van der Waals surface area contributed by atoms with E-state index in [1.54, 1.807) is 19.9 Å². The summed E-state index contributed by atoms with van der Waals surface area (Å²) < 4.78 is 15.7. The average molecular weight is 310 g/mol. The standard InChI is InChI=1S/C15H18O7/c1-4-6(2)12(16)22-11-10-8-7(13(17)21-10)5-20-14(18)9(8)15(11,3)19/h4-5,8-11,14,18-19H,1-3H3/b6-4+/t8-,9-,10+,11+,14?,15-/m1/s1. The molecule has 3 aliphatic rings. The fraction of sp³-hybridized carbons (Fsp3) is 0.600. The SMILES string of the molecule is C/C=C(\C)C(=O)O[C@H]1[C@H]2OC(=O)C3=COC(O)[C@@H]([C@@H]32)[C@@]1(C)O. The summed E-state index contributed by atoms with van der Waals surface area (Å²) in [4.78, 5) is 23.9. The van der Waals surface area contributed by atoms with Crippen molar-refractivity contribution in [2.75, 3.05) is 0 Å². The summed E-state index contributed by atoms with van der Waals surface area (Å²) >= 11 is 0. The molecule has 0 amide bonds. The Balaban J connectivity index is 1.97. The van der Waals surface area contributed by atoms with Gasteiger partial charge in [-0.1, -0.05) is 6.08 Å². The lowest BCUT2D eigenvalue weighted by Crippen LogP contribution is -2.50. The lowest BCUT2D eigenvalue weighted by Gasteiger charge is -2.36. The Kier molecular flexibility index (Phi) is 3.30. The first-order chi connectivity index (χ1) is 10.3. The van der Waals surface area contributed by atoms with Crippen molar-refractivity contribution in [1.82, 2.24) is 0 Å². The maximum absolute atomic E-state index is 12.0. The van der Waals surface area contributed by atoms with Gasteiger partial charge >= 0.3 is 11.9 Å². The Bertz CT molecular complexity index is 589. The highest BCUT2D eigenvalue weighted by Crippen LogP contribution is 2.54. The van der Waals surface area contributed by atoms with Gasteiger partial charge < -0.3 is 24.4 Å². The molecular formula is C15H18O7. The number of hydrogen-bond donors (Lipinski definition) is 2. The molecule has 120 valence electrons. The van der Waals surface area contributed by atoms with Crippen LogP contribution in [0.15, 0.2) is 23.5 Å². The summed E-state index contributed by atoms with van der Waals surface area (Å²) in [7, 11) is 0. The lowest BCUT2D eigenvalue weighted by atomic mass is 9.81. The largest absolute Gasteiger partial charge is 0.472 e. The fourth-order valence-electron chi connectivity index (χ4n) is 3.44. The third-order valence-electron chi connectivity index (χ3n) is 4.76. The first-order valence-electron chi connectivity index (χ1n) is 7.10. The van der Waals surface area contributed by atoms with Crippen LogP contribution in [0, 0.1) is 11.8 Å². The molecule has 1 saturated heterocycles. The summed E-state index contributed by atoms with van der Waals surface area (Å²) in [5.41, 5.74) is -0.956. The zero-order valence-electron chi connectivity index (χ0n) is 12.5. The average Bonchev–Trinajstić information content (AvgIpc) is 2.89. The minimum atomic E-state index is -1.58. The number of rotatable bonds is 2. The Morgan fingerprint density at radius 3 is 2.82 bits per heavy atom. The van der Waals surface area contributed by atoms with Gasteiger partial charge in [0.1, 0.15) is 11.7 Å². The van der Waals surface area contributed by atoms with Gasteiger partial charge in [0, 0.05) is 11.5 Å². The molecule has 2 aliphatic heterocycles. The smallest absolute Gasteiger partial charge is 0.338 e. The van der Waals surface area contributed by atoms with Crippen LogP contribution in [0.3, 0.4) is 0 Å². The predicted octanol–water partition coefficient (Wildman–Crippen LogP) is 0.0193. The van der Waals surface area contributed by atoms with Gasteiger partial charge in [-0.3, -0.25) is 0 Å². The van der Waals surface area contributed by atoms with Crippen LogP contribution in [-0.2, 0) is 23.8 Å². The van der Waals surface area contributed by atoms with Gasteiger partial charge in [0.05, 0.1) is 17.8 Å². The molecule has 7 nitrogen and oxygen atoms in total. The molecule has 6 atom stereocenters. The maximum Gasteiger partial charge on any atom is 0.338 e. The van der Waals surface area contributed by atoms with Gasteiger partial charge in [-0.05, 0) is 20.8 Å². The number of allylic oxidation sites excluding steroid dienone is 1. The molecule has 0 aromatic rings. The van der Waals surface area contributed by atoms with Crippen LogP contribution in [-0.4, -0.2) is 46.3 Å². The lowest BCUT2D eigenvalue weighted by molar-refractivity contribution is -0.194. The van der Waals surface area contributed by atoms with E-state index < -0.39 is 47.9 Å². The van der Waals surface area contributed by atoms with Crippen molar-refractivity contribution < 1.29 is 34.0 Å². The molecule has 1 saturated carbocycles. The van der Waals surface area contributed by atoms with Crippen molar-refractivity contribution in [3.63, 3.8) is 0 Å². The maximum atomic E-state index is 12.0. The third kappa shape index (κ3) is 1.89. The van der Waals surface area contributed by atoms with Gasteiger partial charge in [-0.15, -0.1) is 0 Å². The van der Waals surface area contributed by atoms with Gasteiger partial charge in [-0.2, -0.15) is 0 Å². The second-order valence-electron chi connectivity index (χ2n) is 6.04. The molecule has 2 fully saturated rings. The Morgan fingerprint density at radius 2 is 2.18 bits per heavy atom. The van der Waals surface area contributed by atoms with E-state index in [2.05, 4.69) is 0 Å². The van der Waals surface area contributed by atoms with Crippen LogP contribution in [0.25, 0.3) is 0 Å². The van der Waals surface area contributed by atoms with E-state index in [9.17, 15) is 19.8 Å². The minimum Gasteiger partial charge on any atom is -0.472 e. The quantitative estimate of drug-likeness (QED) is 0.547. The van der Waals surface area contributed by atoms with E-state index in [0.29, 0.717) is 5.57 Å². The van der Waals surface area contributed by atoms with Gasteiger partial charge in [0.25, 0.3) is 0 Å². The summed E-state index contributed by atoms with van der Waals surface area (Å²) in [6.45, 7) is 4.72. The molecular weight excluding hydrogens is 292 g/mol. The fourth-order valence-corrected chi connectivity index (χ4v) is 3.44. The van der Waals surface area contributed by atoms with E-state index in [1.807, 2.05) is 0 Å². The number of aliphatic hydroxyl groups excluding tert-OH is 1. The Hall–Kier alpha value is -1.86. The van der Waals surface area contributed by atoms with Crippen LogP contribution >= 0.6 is 0 Å². The highest BCUT2D eigenvalue weighted by molar-refractivity contribution is 5.92. The van der Waals surface area contributed by atoms with Crippen molar-refractivity contribution in [3.8, 4) is 0 Å². The van der Waals surface area contributed by atoms with Gasteiger partial charge in [-0.25, -0.2) is 9.59 Å². The van der Waals surface area contributed by atoms with E-state index >= 15 is 0 Å². The highest BCUT2D eigenvalue weighted by atomic mass is 16.6. The van der Waals surface area contributed by atoms with E-state index in [1.165, 1.54) is 6.92 Å². The van der Waals surface area contributed by atoms with E-state index in [4.69, 9.17) is 14.2 Å². The topological polar surface area (TPSA) is 102 Å². The van der Waals surface area contributed by atoms with Crippen LogP contribution in [0.2, 0.25) is 0 Å². The van der Waals surface area contributed by atoms with Gasteiger partial charge in [0.15, 0.2) is 6.10 Å². The van der Waals surface area contributed by atoms with Crippen LogP contribution in [0.4, 0.5) is 0 Å². The molecule has 0 spiro atoms. The number of carbonyl (C=O) groups excluding carboxylic acids is 2. The molecule has 3 rings (SSSR count). The third-order valence-corrected chi connectivity index (χ3v) is 4.76. The molecule has 2 N–H and O–H groups in total. The van der Waals surface area contributed by atoms with Crippen LogP contribution in [0.5, 0.6) is 0 Å². The van der Waals surface area contributed by atoms with E-state index in [-0.39, 0.29) is 5.57 Å². The van der Waals surface area contributed by atoms with Crippen molar-refractivity contribution >= 4 is 11.9 Å². The molecule has 0 radical (unpaired) electrons. The zero-order chi connectivity index (χ0) is 16.2. The summed E-state index contributed by atoms with van der Waals surface area (Å²) in [5.74, 6) is -2.55. The molecule has 2 heterocycles. The normalized spacial score (nSPS) is 43.1. The highest BCUT2D eigenvalue weighted by Gasteiger charge is 2.69. The van der Waals surface area contributed by atoms with E-state index in [0.717, 1.165) is 6.26 Å². The summed E-state index contributed by atoms with van der Waals surface area (Å²) in [5, 5.41) is 20.8. The molecule has 1 aliphatic carbocycles. The first-order valence-corrected chi connectivity index (χ1v) is 7.10. The Morgan fingerprint density at radius 1 is 1.50 bits per heavy atom. The van der Waals surface area contributed by atoms with Crippen LogP contribution in [0.1, 0.15) is 20.8 Å². The molecule has 22 heavy (non-hydrogen) atoms. The van der Waals surface area contributed by atoms with Crippen molar-refractivity contribution in [1.29, 1.82) is 0 Å². The zero-order valence-corrected chi connectivity index (χ0v) is 12.5. The number of aliphatic hydroxyl groups is 2. The molecule has 1 unspecified atom stereocenters. The molecule has 7 heteroatoms. The predicted molar refractivity (Wildman–Crippen MR) is 72.0 cm³/mol. The second kappa shape index (κ2) is 4.82. The van der Waals surface area contributed by atoms with Crippen LogP contribution < -0.4 is 0 Å². The summed E-state index contributed by atoms with van der Waals surface area (Å²) in [6, 6.07) is 0. The van der Waals surface area contributed by atoms with Gasteiger partial charge in [0.2, 0.25) is 6.29 Å². The number of hydrogen-bond acceptors (Lipinski definition) is 7. The number of ether oxygens (including phenoxy) is 3. The minimum absolute atomic E-state index is 0.252. The Labute approximate surface area is 127 Å². The summed E-state index contributed by atoms with van der Waals surface area (Å²) in [6.07, 6.45) is -0.455. The number of carbonyl (C=O) groups is 2. The van der Waals surface area contributed by atoms with Crippen molar-refractivity contribution in [2.45, 2.75) is 44.9 Å². The second-order valence-corrected chi connectivity index (χ2v) is 6.04. The first kappa shape index (κ1) is 15.1. The monoisotopic (exact) mass is 310 g/mol.